The fourth-order valence-electron chi connectivity index (χ4n) is 1.69. The molecule has 1 heterocycles. The fourth-order valence-corrected chi connectivity index (χ4v) is 3.60. The van der Waals surface area contributed by atoms with Crippen LogP contribution in [0.25, 0.3) is 0 Å². The van der Waals surface area contributed by atoms with Gasteiger partial charge in [0.05, 0.1) is 0 Å². The van der Waals surface area contributed by atoms with Crippen LogP contribution in [0, 0.1) is 11.6 Å². The van der Waals surface area contributed by atoms with Crippen molar-refractivity contribution in [1.82, 2.24) is 0 Å². The van der Waals surface area contributed by atoms with Crippen LogP contribution in [0.5, 0.6) is 0 Å². The molecule has 0 fully saturated rings. The Morgan fingerprint density at radius 3 is 2.22 bits per heavy atom. The Kier molecular flexibility index (Phi) is 4.53. The van der Waals surface area contributed by atoms with Gasteiger partial charge in [-0.15, -0.1) is 11.3 Å². The lowest BCUT2D eigenvalue weighted by Crippen LogP contribution is -2.16. The third-order valence-electron chi connectivity index (χ3n) is 2.46. The summed E-state index contributed by atoms with van der Waals surface area (Å²) in [7, 11) is 0. The monoisotopic (exact) mass is 395 g/mol. The third kappa shape index (κ3) is 3.17. The van der Waals surface area contributed by atoms with Gasteiger partial charge in [-0.1, -0.05) is 15.9 Å². The van der Waals surface area contributed by atoms with E-state index in [2.05, 4.69) is 31.9 Å². The predicted octanol–water partition coefficient (Wildman–Crippen LogP) is 4.79. The van der Waals surface area contributed by atoms with Crippen LogP contribution in [-0.2, 0) is 6.42 Å². The molecular formula is C12H9Br2F2NS. The molecule has 1 aromatic heterocycles. The van der Waals surface area contributed by atoms with Crippen LogP contribution < -0.4 is 5.73 Å². The van der Waals surface area contributed by atoms with Gasteiger partial charge in [0.25, 0.3) is 0 Å². The van der Waals surface area contributed by atoms with E-state index in [1.165, 1.54) is 23.5 Å². The quantitative estimate of drug-likeness (QED) is 0.792. The van der Waals surface area contributed by atoms with Gasteiger partial charge in [0.15, 0.2) is 0 Å². The fraction of sp³-hybridized carbons (Fsp3) is 0.167. The Labute approximate surface area is 124 Å². The summed E-state index contributed by atoms with van der Waals surface area (Å²) < 4.78 is 28.7. The minimum atomic E-state index is -0.691. The third-order valence-corrected chi connectivity index (χ3v) is 4.64. The van der Waals surface area contributed by atoms with E-state index in [1.54, 1.807) is 0 Å². The van der Waals surface area contributed by atoms with E-state index >= 15 is 0 Å². The smallest absolute Gasteiger partial charge is 0.132 e. The van der Waals surface area contributed by atoms with Crippen LogP contribution >= 0.6 is 43.2 Å². The molecule has 0 radical (unpaired) electrons. The molecule has 0 saturated heterocycles. The van der Waals surface area contributed by atoms with E-state index in [-0.39, 0.29) is 5.56 Å². The number of hydrogen-bond donors (Lipinski definition) is 1. The minimum absolute atomic E-state index is 0.0669. The summed E-state index contributed by atoms with van der Waals surface area (Å²) in [4.78, 5) is 0.982. The van der Waals surface area contributed by atoms with Crippen LogP contribution in [0.4, 0.5) is 8.78 Å². The first-order valence-electron chi connectivity index (χ1n) is 5.10. The van der Waals surface area contributed by atoms with Gasteiger partial charge in [-0.25, -0.2) is 8.78 Å². The molecular weight excluding hydrogens is 388 g/mol. The van der Waals surface area contributed by atoms with E-state index < -0.39 is 17.7 Å². The molecule has 0 aliphatic heterocycles. The second-order valence-electron chi connectivity index (χ2n) is 3.82. The lowest BCUT2D eigenvalue weighted by Gasteiger charge is -2.13. The van der Waals surface area contributed by atoms with E-state index in [0.29, 0.717) is 10.9 Å². The number of rotatable bonds is 3. The molecule has 18 heavy (non-hydrogen) atoms. The zero-order valence-corrected chi connectivity index (χ0v) is 13.1. The lowest BCUT2D eigenvalue weighted by atomic mass is 10.0. The number of hydrogen-bond acceptors (Lipinski definition) is 2. The second-order valence-corrected chi connectivity index (χ2v) is 6.65. The summed E-state index contributed by atoms with van der Waals surface area (Å²) >= 11 is 7.88. The number of thiophene rings is 1. The van der Waals surface area contributed by atoms with Crippen molar-refractivity contribution in [3.63, 3.8) is 0 Å². The van der Waals surface area contributed by atoms with Gasteiger partial charge in [0, 0.05) is 37.2 Å². The predicted molar refractivity (Wildman–Crippen MR) is 76.7 cm³/mol. The maximum absolute atomic E-state index is 13.7. The Morgan fingerprint density at radius 2 is 1.72 bits per heavy atom. The summed E-state index contributed by atoms with van der Waals surface area (Å²) in [5.74, 6) is -1.24. The van der Waals surface area contributed by atoms with Crippen molar-refractivity contribution in [1.29, 1.82) is 0 Å². The van der Waals surface area contributed by atoms with E-state index in [1.807, 2.05) is 11.4 Å². The Hall–Kier alpha value is -0.300. The van der Waals surface area contributed by atoms with Gasteiger partial charge >= 0.3 is 0 Å². The first kappa shape index (κ1) is 14.1. The molecule has 0 saturated carbocycles. The van der Waals surface area contributed by atoms with Crippen molar-refractivity contribution in [3.8, 4) is 0 Å². The highest BCUT2D eigenvalue weighted by atomic mass is 79.9. The Bertz CT molecular complexity index is 548. The molecule has 6 heteroatoms. The molecule has 0 spiro atoms. The van der Waals surface area contributed by atoms with Gasteiger partial charge < -0.3 is 5.73 Å². The summed E-state index contributed by atoms with van der Waals surface area (Å²) in [6, 6.07) is 3.66. The summed E-state index contributed by atoms with van der Waals surface area (Å²) in [5.41, 5.74) is 5.82. The lowest BCUT2D eigenvalue weighted by molar-refractivity contribution is 0.524. The molecule has 0 amide bonds. The van der Waals surface area contributed by atoms with Crippen LogP contribution in [0.1, 0.15) is 16.5 Å². The van der Waals surface area contributed by atoms with Crippen LogP contribution in [-0.4, -0.2) is 0 Å². The second kappa shape index (κ2) is 5.77. The van der Waals surface area contributed by atoms with Crippen molar-refractivity contribution in [2.75, 3.05) is 0 Å². The maximum atomic E-state index is 13.7. The Balaban J connectivity index is 2.26. The Morgan fingerprint density at radius 1 is 1.11 bits per heavy atom. The molecule has 2 rings (SSSR count). The average molecular weight is 397 g/mol. The largest absolute Gasteiger partial charge is 0.323 e. The highest BCUT2D eigenvalue weighted by Gasteiger charge is 2.18. The van der Waals surface area contributed by atoms with Crippen molar-refractivity contribution < 1.29 is 8.78 Å². The average Bonchev–Trinajstić information content (AvgIpc) is 2.62. The SMILES string of the molecule is NC(Cc1cc(Br)cs1)c1c(F)cc(Br)cc1F. The van der Waals surface area contributed by atoms with Crippen LogP contribution in [0.2, 0.25) is 0 Å². The van der Waals surface area contributed by atoms with Gasteiger partial charge in [0.1, 0.15) is 11.6 Å². The molecule has 1 nitrogen and oxygen atoms in total. The van der Waals surface area contributed by atoms with Crippen LogP contribution in [0.3, 0.4) is 0 Å². The molecule has 0 bridgehead atoms. The first-order valence-corrected chi connectivity index (χ1v) is 7.57. The highest BCUT2D eigenvalue weighted by molar-refractivity contribution is 9.10. The molecule has 1 atom stereocenters. The normalized spacial score (nSPS) is 12.7. The number of benzene rings is 1. The molecule has 1 unspecified atom stereocenters. The van der Waals surface area contributed by atoms with Crippen molar-refractivity contribution in [2.45, 2.75) is 12.5 Å². The summed E-state index contributed by atoms with van der Waals surface area (Å²) in [6.45, 7) is 0. The van der Waals surface area contributed by atoms with E-state index in [9.17, 15) is 8.78 Å². The summed E-state index contributed by atoms with van der Waals surface area (Å²) in [6.07, 6.45) is 0.408. The zero-order chi connectivity index (χ0) is 13.3. The first-order chi connectivity index (χ1) is 8.47. The van der Waals surface area contributed by atoms with E-state index in [4.69, 9.17) is 5.73 Å². The number of halogens is 4. The molecule has 2 N–H and O–H groups in total. The van der Waals surface area contributed by atoms with E-state index in [0.717, 1.165) is 9.35 Å². The highest BCUT2D eigenvalue weighted by Crippen LogP contribution is 2.28. The molecule has 1 aromatic carbocycles. The van der Waals surface area contributed by atoms with Crippen LogP contribution in [0.15, 0.2) is 32.5 Å². The molecule has 0 aliphatic carbocycles. The maximum Gasteiger partial charge on any atom is 0.132 e. The van der Waals surface area contributed by atoms with Gasteiger partial charge in [-0.05, 0) is 34.1 Å². The van der Waals surface area contributed by atoms with Gasteiger partial charge in [-0.2, -0.15) is 0 Å². The van der Waals surface area contributed by atoms with Crippen molar-refractivity contribution >= 4 is 43.2 Å². The zero-order valence-electron chi connectivity index (χ0n) is 9.09. The standard InChI is InChI=1S/C12H9Br2F2NS/c13-6-2-9(15)12(10(16)3-6)11(17)4-8-1-7(14)5-18-8/h1-3,5,11H,4,17H2. The topological polar surface area (TPSA) is 26.0 Å². The number of nitrogens with two attached hydrogens (primary N) is 1. The van der Waals surface area contributed by atoms with Crippen molar-refractivity contribution in [3.05, 3.63) is 54.6 Å². The van der Waals surface area contributed by atoms with Gasteiger partial charge in [0.2, 0.25) is 0 Å². The molecule has 0 aliphatic rings. The molecule has 2 aromatic rings. The minimum Gasteiger partial charge on any atom is -0.323 e. The summed E-state index contributed by atoms with van der Waals surface area (Å²) in [5, 5.41) is 1.91. The van der Waals surface area contributed by atoms with Gasteiger partial charge in [-0.3, -0.25) is 0 Å². The van der Waals surface area contributed by atoms with Crippen molar-refractivity contribution in [2.24, 2.45) is 5.73 Å². The molecule has 96 valence electrons.